The molecule has 1 N–H and O–H groups in total. The second-order valence-corrected chi connectivity index (χ2v) is 5.40. The molecule has 1 aromatic carbocycles. The van der Waals surface area contributed by atoms with Gasteiger partial charge in [0.05, 0.1) is 0 Å². The molecule has 1 saturated carbocycles. The van der Waals surface area contributed by atoms with Crippen LogP contribution in [0.5, 0.6) is 0 Å². The van der Waals surface area contributed by atoms with Crippen LogP contribution >= 0.6 is 0 Å². The van der Waals surface area contributed by atoms with Gasteiger partial charge in [0.2, 0.25) is 0 Å². The minimum Gasteiger partial charge on any atom is -0.480 e. The second-order valence-electron chi connectivity index (χ2n) is 5.40. The lowest BCUT2D eigenvalue weighted by Gasteiger charge is -2.26. The normalized spacial score (nSPS) is 15.7. The Kier molecular flexibility index (Phi) is 4.42. The smallest absolute Gasteiger partial charge is 0.326 e. The lowest BCUT2D eigenvalue weighted by atomic mass is 10.1. The fourth-order valence-corrected chi connectivity index (χ4v) is 2.38. The van der Waals surface area contributed by atoms with Crippen LogP contribution in [0.2, 0.25) is 0 Å². The maximum atomic E-state index is 12.5. The Hall–Kier alpha value is -1.84. The highest BCUT2D eigenvalue weighted by atomic mass is 16.4. The molecule has 4 heteroatoms. The number of aryl methyl sites for hydroxylation is 1. The Morgan fingerprint density at radius 3 is 2.35 bits per heavy atom. The van der Waals surface area contributed by atoms with Crippen molar-refractivity contribution in [3.63, 3.8) is 0 Å². The van der Waals surface area contributed by atoms with E-state index in [1.54, 1.807) is 19.1 Å². The number of rotatable bonds is 6. The number of nitrogens with zero attached hydrogens (tertiary/aromatic N) is 1. The summed E-state index contributed by atoms with van der Waals surface area (Å²) in [5.41, 5.74) is 1.78. The van der Waals surface area contributed by atoms with Crippen molar-refractivity contribution in [1.82, 2.24) is 4.90 Å². The molecule has 20 heavy (non-hydrogen) atoms. The van der Waals surface area contributed by atoms with Crippen molar-refractivity contribution in [2.24, 2.45) is 0 Å². The summed E-state index contributed by atoms with van der Waals surface area (Å²) in [6.07, 6.45) is 3.86. The first kappa shape index (κ1) is 14.6. The van der Waals surface area contributed by atoms with E-state index in [4.69, 9.17) is 5.11 Å². The van der Waals surface area contributed by atoms with E-state index < -0.39 is 12.0 Å². The number of carboxylic acids is 1. The summed E-state index contributed by atoms with van der Waals surface area (Å²) < 4.78 is 0. The van der Waals surface area contributed by atoms with Gasteiger partial charge < -0.3 is 10.0 Å². The van der Waals surface area contributed by atoms with Gasteiger partial charge >= 0.3 is 5.97 Å². The van der Waals surface area contributed by atoms with Crippen LogP contribution in [-0.4, -0.2) is 34.0 Å². The van der Waals surface area contributed by atoms with Gasteiger partial charge in [0.1, 0.15) is 6.04 Å². The van der Waals surface area contributed by atoms with Gasteiger partial charge in [-0.15, -0.1) is 0 Å². The Morgan fingerprint density at radius 2 is 1.90 bits per heavy atom. The lowest BCUT2D eigenvalue weighted by molar-refractivity contribution is -0.141. The largest absolute Gasteiger partial charge is 0.480 e. The van der Waals surface area contributed by atoms with Gasteiger partial charge in [-0.2, -0.15) is 0 Å². The molecule has 0 bridgehead atoms. The van der Waals surface area contributed by atoms with Crippen LogP contribution in [0.25, 0.3) is 0 Å². The SMILES string of the molecule is CCCc1ccc(C(=O)N(C2CC2)C(C)C(=O)O)cc1. The molecule has 1 aliphatic carbocycles. The van der Waals surface area contributed by atoms with Crippen molar-refractivity contribution >= 4 is 11.9 Å². The van der Waals surface area contributed by atoms with Crippen molar-refractivity contribution in [1.29, 1.82) is 0 Å². The molecule has 0 aromatic heterocycles. The van der Waals surface area contributed by atoms with Crippen LogP contribution in [0.15, 0.2) is 24.3 Å². The second kappa shape index (κ2) is 6.07. The summed E-state index contributed by atoms with van der Waals surface area (Å²) in [6.45, 7) is 3.69. The number of hydrogen-bond donors (Lipinski definition) is 1. The number of benzene rings is 1. The Labute approximate surface area is 119 Å². The molecule has 0 radical (unpaired) electrons. The van der Waals surface area contributed by atoms with E-state index in [1.165, 1.54) is 10.5 Å². The Morgan fingerprint density at radius 1 is 1.30 bits per heavy atom. The summed E-state index contributed by atoms with van der Waals surface area (Å²) >= 11 is 0. The standard InChI is InChI=1S/C16H21NO3/c1-3-4-12-5-7-13(8-6-12)15(18)17(14-9-10-14)11(2)16(19)20/h5-8,11,14H,3-4,9-10H2,1-2H3,(H,19,20). The van der Waals surface area contributed by atoms with E-state index in [0.717, 1.165) is 25.7 Å². The zero-order valence-electron chi connectivity index (χ0n) is 12.0. The molecular formula is C16H21NO3. The summed E-state index contributed by atoms with van der Waals surface area (Å²) in [5, 5.41) is 9.15. The third kappa shape index (κ3) is 3.18. The summed E-state index contributed by atoms with van der Waals surface area (Å²) in [4.78, 5) is 25.2. The third-order valence-electron chi connectivity index (χ3n) is 3.69. The van der Waals surface area contributed by atoms with Gasteiger partial charge in [-0.05, 0) is 43.9 Å². The number of hydrogen-bond acceptors (Lipinski definition) is 2. The van der Waals surface area contributed by atoms with E-state index >= 15 is 0 Å². The average Bonchev–Trinajstić information content (AvgIpc) is 3.24. The molecule has 1 atom stereocenters. The van der Waals surface area contributed by atoms with E-state index in [9.17, 15) is 9.59 Å². The lowest BCUT2D eigenvalue weighted by Crippen LogP contribution is -2.44. The van der Waals surface area contributed by atoms with Crippen LogP contribution < -0.4 is 0 Å². The average molecular weight is 275 g/mol. The van der Waals surface area contributed by atoms with E-state index in [0.29, 0.717) is 5.56 Å². The molecule has 0 spiro atoms. The van der Waals surface area contributed by atoms with Crippen LogP contribution in [0, 0.1) is 0 Å². The predicted octanol–water partition coefficient (Wildman–Crippen LogP) is 2.72. The van der Waals surface area contributed by atoms with Crippen molar-refractivity contribution < 1.29 is 14.7 Å². The van der Waals surface area contributed by atoms with Crippen molar-refractivity contribution in [3.8, 4) is 0 Å². The molecule has 1 aliphatic rings. The van der Waals surface area contributed by atoms with Gasteiger partial charge in [0, 0.05) is 11.6 Å². The molecule has 0 aliphatic heterocycles. The number of carboxylic acid groups (broad SMARTS) is 1. The van der Waals surface area contributed by atoms with Crippen molar-refractivity contribution in [2.75, 3.05) is 0 Å². The zero-order chi connectivity index (χ0) is 14.7. The maximum Gasteiger partial charge on any atom is 0.326 e. The Bertz CT molecular complexity index is 491. The minimum absolute atomic E-state index is 0.0870. The summed E-state index contributed by atoms with van der Waals surface area (Å²) in [5.74, 6) is -1.13. The molecule has 0 heterocycles. The van der Waals surface area contributed by atoms with Crippen LogP contribution in [0.3, 0.4) is 0 Å². The van der Waals surface area contributed by atoms with Crippen LogP contribution in [-0.2, 0) is 11.2 Å². The van der Waals surface area contributed by atoms with E-state index in [-0.39, 0.29) is 11.9 Å². The monoisotopic (exact) mass is 275 g/mol. The molecule has 2 rings (SSSR count). The van der Waals surface area contributed by atoms with Crippen LogP contribution in [0.4, 0.5) is 0 Å². The number of carbonyl (C=O) groups is 2. The van der Waals surface area contributed by atoms with Crippen LogP contribution in [0.1, 0.15) is 49.0 Å². The van der Waals surface area contributed by atoms with Crippen molar-refractivity contribution in [3.05, 3.63) is 35.4 Å². The highest BCUT2D eigenvalue weighted by Crippen LogP contribution is 2.30. The maximum absolute atomic E-state index is 12.5. The first-order valence-electron chi connectivity index (χ1n) is 7.19. The fraction of sp³-hybridized carbons (Fsp3) is 0.500. The van der Waals surface area contributed by atoms with Gasteiger partial charge in [0.15, 0.2) is 0 Å². The minimum atomic E-state index is -0.951. The summed E-state index contributed by atoms with van der Waals surface area (Å²) in [6, 6.07) is 6.82. The molecule has 108 valence electrons. The molecule has 1 unspecified atom stereocenters. The molecule has 0 saturated heterocycles. The molecule has 1 amide bonds. The first-order valence-corrected chi connectivity index (χ1v) is 7.19. The quantitative estimate of drug-likeness (QED) is 0.868. The molecule has 1 fully saturated rings. The van der Waals surface area contributed by atoms with Gasteiger partial charge in [0.25, 0.3) is 5.91 Å². The molecular weight excluding hydrogens is 254 g/mol. The number of carbonyl (C=O) groups excluding carboxylic acids is 1. The topological polar surface area (TPSA) is 57.6 Å². The van der Waals surface area contributed by atoms with Gasteiger partial charge in [-0.1, -0.05) is 25.5 Å². The van der Waals surface area contributed by atoms with E-state index in [1.807, 2.05) is 12.1 Å². The third-order valence-corrected chi connectivity index (χ3v) is 3.69. The predicted molar refractivity (Wildman–Crippen MR) is 76.7 cm³/mol. The van der Waals surface area contributed by atoms with E-state index in [2.05, 4.69) is 6.92 Å². The van der Waals surface area contributed by atoms with Gasteiger partial charge in [-0.3, -0.25) is 4.79 Å². The van der Waals surface area contributed by atoms with Crippen molar-refractivity contribution in [2.45, 2.75) is 51.6 Å². The Balaban J connectivity index is 2.16. The highest BCUT2D eigenvalue weighted by molar-refractivity contribution is 5.97. The molecule has 1 aromatic rings. The van der Waals surface area contributed by atoms with Gasteiger partial charge in [-0.25, -0.2) is 4.79 Å². The highest BCUT2D eigenvalue weighted by Gasteiger charge is 2.38. The summed E-state index contributed by atoms with van der Waals surface area (Å²) in [7, 11) is 0. The number of aliphatic carboxylic acids is 1. The molecule has 4 nitrogen and oxygen atoms in total. The zero-order valence-corrected chi connectivity index (χ0v) is 12.0. The first-order chi connectivity index (χ1) is 9.54. The fourth-order valence-electron chi connectivity index (χ4n) is 2.38. The number of amides is 1.